The maximum absolute atomic E-state index is 11.6. The van der Waals surface area contributed by atoms with Gasteiger partial charge in [-0.25, -0.2) is 9.78 Å². The zero-order valence-corrected chi connectivity index (χ0v) is 12.1. The molecule has 1 rings (SSSR count). The van der Waals surface area contributed by atoms with E-state index in [4.69, 9.17) is 5.11 Å². The molecule has 0 saturated heterocycles. The molecule has 0 saturated carbocycles. The SMILES string of the molecule is Cc1nc(NC(=O)NCC(C)CCC(=O)O)sc1C. The van der Waals surface area contributed by atoms with Gasteiger partial charge in [0.05, 0.1) is 5.69 Å². The lowest BCUT2D eigenvalue weighted by Crippen LogP contribution is -2.32. The Morgan fingerprint density at radius 2 is 2.11 bits per heavy atom. The Hall–Kier alpha value is -1.63. The number of hydrogen-bond donors (Lipinski definition) is 3. The molecule has 1 heterocycles. The molecule has 1 aromatic heterocycles. The molecule has 0 aliphatic carbocycles. The highest BCUT2D eigenvalue weighted by molar-refractivity contribution is 7.15. The van der Waals surface area contributed by atoms with Gasteiger partial charge in [0.25, 0.3) is 0 Å². The van der Waals surface area contributed by atoms with Crippen LogP contribution in [0.2, 0.25) is 0 Å². The standard InChI is InChI=1S/C12H19N3O3S/c1-7(4-5-10(16)17)6-13-11(18)15-12-14-8(2)9(3)19-12/h7H,4-6H2,1-3H3,(H,16,17)(H2,13,14,15,18). The van der Waals surface area contributed by atoms with E-state index in [-0.39, 0.29) is 18.4 Å². The molecule has 0 radical (unpaired) electrons. The molecule has 3 N–H and O–H groups in total. The molecule has 0 bridgehead atoms. The Labute approximate surface area is 116 Å². The minimum absolute atomic E-state index is 0.120. The van der Waals surface area contributed by atoms with Crippen LogP contribution < -0.4 is 10.6 Å². The first-order chi connectivity index (χ1) is 8.88. The highest BCUT2D eigenvalue weighted by atomic mass is 32.1. The molecule has 0 fully saturated rings. The van der Waals surface area contributed by atoms with Crippen molar-refractivity contribution in [2.24, 2.45) is 5.92 Å². The van der Waals surface area contributed by atoms with Gasteiger partial charge in [0.2, 0.25) is 0 Å². The number of nitrogens with zero attached hydrogens (tertiary/aromatic N) is 1. The number of carbonyl (C=O) groups excluding carboxylic acids is 1. The van der Waals surface area contributed by atoms with Crippen molar-refractivity contribution in [3.63, 3.8) is 0 Å². The number of carboxylic acid groups (broad SMARTS) is 1. The fourth-order valence-corrected chi connectivity index (χ4v) is 2.22. The van der Waals surface area contributed by atoms with Gasteiger partial charge < -0.3 is 10.4 Å². The first-order valence-electron chi connectivity index (χ1n) is 6.09. The number of aliphatic carboxylic acids is 1. The third-order valence-electron chi connectivity index (χ3n) is 2.71. The monoisotopic (exact) mass is 285 g/mol. The van der Waals surface area contributed by atoms with Crippen LogP contribution in [0.15, 0.2) is 0 Å². The highest BCUT2D eigenvalue weighted by Crippen LogP contribution is 2.20. The summed E-state index contributed by atoms with van der Waals surface area (Å²) >= 11 is 1.43. The number of aryl methyl sites for hydroxylation is 2. The zero-order chi connectivity index (χ0) is 14.4. The number of amides is 2. The van der Waals surface area contributed by atoms with Crippen molar-refractivity contribution >= 4 is 28.5 Å². The van der Waals surface area contributed by atoms with Gasteiger partial charge in [-0.1, -0.05) is 6.92 Å². The summed E-state index contributed by atoms with van der Waals surface area (Å²) in [6.07, 6.45) is 0.667. The molecule has 1 unspecified atom stereocenters. The van der Waals surface area contributed by atoms with E-state index in [1.54, 1.807) is 0 Å². The van der Waals surface area contributed by atoms with Crippen molar-refractivity contribution in [1.82, 2.24) is 10.3 Å². The molecule has 0 aliphatic heterocycles. The van der Waals surface area contributed by atoms with Crippen LogP contribution in [-0.4, -0.2) is 28.6 Å². The second-order valence-electron chi connectivity index (χ2n) is 4.53. The summed E-state index contributed by atoms with van der Waals surface area (Å²) in [7, 11) is 0. The minimum atomic E-state index is -0.815. The summed E-state index contributed by atoms with van der Waals surface area (Å²) in [5, 5.41) is 14.5. The van der Waals surface area contributed by atoms with E-state index in [0.29, 0.717) is 18.1 Å². The number of hydrogen-bond acceptors (Lipinski definition) is 4. The second kappa shape index (κ2) is 7.08. The van der Waals surface area contributed by atoms with Crippen LogP contribution >= 0.6 is 11.3 Å². The van der Waals surface area contributed by atoms with E-state index in [9.17, 15) is 9.59 Å². The van der Waals surface area contributed by atoms with E-state index in [2.05, 4.69) is 15.6 Å². The van der Waals surface area contributed by atoms with Gasteiger partial charge in [-0.05, 0) is 26.2 Å². The topological polar surface area (TPSA) is 91.3 Å². The average molecular weight is 285 g/mol. The fourth-order valence-electron chi connectivity index (χ4n) is 1.41. The average Bonchev–Trinajstić information content (AvgIpc) is 2.63. The summed E-state index contributed by atoms with van der Waals surface area (Å²) in [5.41, 5.74) is 0.912. The van der Waals surface area contributed by atoms with Gasteiger partial charge in [-0.2, -0.15) is 0 Å². The van der Waals surface area contributed by atoms with Gasteiger partial charge >= 0.3 is 12.0 Å². The number of aromatic nitrogens is 1. The van der Waals surface area contributed by atoms with Gasteiger partial charge in [-0.15, -0.1) is 11.3 Å². The Balaban J connectivity index is 2.29. The van der Waals surface area contributed by atoms with Crippen LogP contribution in [0, 0.1) is 19.8 Å². The number of urea groups is 1. The third-order valence-corrected chi connectivity index (χ3v) is 3.70. The van der Waals surface area contributed by atoms with Crippen molar-refractivity contribution < 1.29 is 14.7 Å². The van der Waals surface area contributed by atoms with E-state index < -0.39 is 5.97 Å². The minimum Gasteiger partial charge on any atom is -0.481 e. The van der Waals surface area contributed by atoms with Gasteiger partial charge in [-0.3, -0.25) is 10.1 Å². The zero-order valence-electron chi connectivity index (χ0n) is 11.3. The Morgan fingerprint density at radius 3 is 2.63 bits per heavy atom. The quantitative estimate of drug-likeness (QED) is 0.748. The van der Waals surface area contributed by atoms with Crippen LogP contribution in [0.3, 0.4) is 0 Å². The summed E-state index contributed by atoms with van der Waals surface area (Å²) < 4.78 is 0. The third kappa shape index (κ3) is 5.69. The van der Waals surface area contributed by atoms with Gasteiger partial charge in [0, 0.05) is 17.8 Å². The molecule has 2 amide bonds. The predicted molar refractivity (Wildman–Crippen MR) is 74.6 cm³/mol. The number of nitrogens with one attached hydrogen (secondary N) is 2. The highest BCUT2D eigenvalue weighted by Gasteiger charge is 2.10. The molecular formula is C12H19N3O3S. The van der Waals surface area contributed by atoms with Crippen molar-refractivity contribution in [1.29, 1.82) is 0 Å². The molecule has 106 valence electrons. The predicted octanol–water partition coefficient (Wildman–Crippen LogP) is 2.38. The summed E-state index contributed by atoms with van der Waals surface area (Å²) in [6.45, 7) is 6.19. The molecule has 0 aliphatic rings. The van der Waals surface area contributed by atoms with E-state index in [1.807, 2.05) is 20.8 Å². The normalized spacial score (nSPS) is 11.9. The Bertz CT molecular complexity index is 440. The van der Waals surface area contributed by atoms with Crippen LogP contribution in [0.1, 0.15) is 30.3 Å². The first kappa shape index (κ1) is 15.4. The maximum atomic E-state index is 11.6. The largest absolute Gasteiger partial charge is 0.481 e. The van der Waals surface area contributed by atoms with Crippen LogP contribution in [0.25, 0.3) is 0 Å². The molecule has 0 aromatic carbocycles. The van der Waals surface area contributed by atoms with Crippen molar-refractivity contribution in [3.05, 3.63) is 10.6 Å². The lowest BCUT2D eigenvalue weighted by atomic mass is 10.1. The van der Waals surface area contributed by atoms with E-state index >= 15 is 0 Å². The molecule has 1 atom stereocenters. The molecule has 7 heteroatoms. The molecule has 0 spiro atoms. The maximum Gasteiger partial charge on any atom is 0.321 e. The number of carbonyl (C=O) groups is 2. The van der Waals surface area contributed by atoms with E-state index in [1.165, 1.54) is 11.3 Å². The number of rotatable bonds is 6. The fraction of sp³-hybridized carbons (Fsp3) is 0.583. The summed E-state index contributed by atoms with van der Waals surface area (Å²) in [5.74, 6) is -0.688. The summed E-state index contributed by atoms with van der Waals surface area (Å²) in [6, 6.07) is -0.309. The lowest BCUT2D eigenvalue weighted by Gasteiger charge is -2.11. The molecule has 1 aromatic rings. The molecular weight excluding hydrogens is 266 g/mol. The van der Waals surface area contributed by atoms with Gasteiger partial charge in [0.15, 0.2) is 5.13 Å². The number of carboxylic acids is 1. The van der Waals surface area contributed by atoms with Crippen molar-refractivity contribution in [2.75, 3.05) is 11.9 Å². The summed E-state index contributed by atoms with van der Waals surface area (Å²) in [4.78, 5) is 27.3. The second-order valence-corrected chi connectivity index (χ2v) is 5.74. The lowest BCUT2D eigenvalue weighted by molar-refractivity contribution is -0.137. The van der Waals surface area contributed by atoms with Crippen LogP contribution in [-0.2, 0) is 4.79 Å². The molecule has 6 nitrogen and oxygen atoms in total. The van der Waals surface area contributed by atoms with Gasteiger partial charge in [0.1, 0.15) is 0 Å². The smallest absolute Gasteiger partial charge is 0.321 e. The number of thiazole rings is 1. The van der Waals surface area contributed by atoms with E-state index in [0.717, 1.165) is 10.6 Å². The Kier molecular flexibility index (Phi) is 5.75. The first-order valence-corrected chi connectivity index (χ1v) is 6.90. The van der Waals surface area contributed by atoms with Crippen molar-refractivity contribution in [3.8, 4) is 0 Å². The van der Waals surface area contributed by atoms with Crippen LogP contribution in [0.5, 0.6) is 0 Å². The number of anilines is 1. The van der Waals surface area contributed by atoms with Crippen LogP contribution in [0.4, 0.5) is 9.93 Å². The van der Waals surface area contributed by atoms with Crippen molar-refractivity contribution in [2.45, 2.75) is 33.6 Å². The Morgan fingerprint density at radius 1 is 1.42 bits per heavy atom. The molecule has 19 heavy (non-hydrogen) atoms.